The molecule has 4 nitrogen and oxygen atoms in total. The number of rotatable bonds is 1. The van der Waals surface area contributed by atoms with Crippen LogP contribution in [0.2, 0.25) is 5.02 Å². The molecule has 6 heteroatoms. The first-order chi connectivity index (χ1) is 8.08. The molecule has 92 valence electrons. The van der Waals surface area contributed by atoms with E-state index in [-0.39, 0.29) is 11.7 Å². The number of phenolic OH excluding ortho intramolecular Hbond substituents is 1. The van der Waals surface area contributed by atoms with Crippen molar-refractivity contribution in [3.8, 4) is 5.75 Å². The van der Waals surface area contributed by atoms with Crippen molar-refractivity contribution >= 4 is 28.3 Å². The lowest BCUT2D eigenvalue weighted by molar-refractivity contribution is 0.0771. The van der Waals surface area contributed by atoms with Gasteiger partial charge in [-0.25, -0.2) is 0 Å². The van der Waals surface area contributed by atoms with Gasteiger partial charge in [-0.2, -0.15) is 0 Å². The summed E-state index contributed by atoms with van der Waals surface area (Å²) in [4.78, 5) is 13.7. The summed E-state index contributed by atoms with van der Waals surface area (Å²) in [6, 6.07) is 4.28. The van der Waals surface area contributed by atoms with Crippen molar-refractivity contribution in [1.82, 2.24) is 4.90 Å². The van der Waals surface area contributed by atoms with Gasteiger partial charge < -0.3 is 10.0 Å². The highest BCUT2D eigenvalue weighted by molar-refractivity contribution is 7.85. The van der Waals surface area contributed by atoms with Crippen LogP contribution < -0.4 is 0 Å². The second-order valence-corrected chi connectivity index (χ2v) is 5.91. The molecule has 17 heavy (non-hydrogen) atoms. The molecule has 1 N–H and O–H groups in total. The number of amides is 1. The zero-order chi connectivity index (χ0) is 12.4. The van der Waals surface area contributed by atoms with E-state index in [0.717, 1.165) is 0 Å². The van der Waals surface area contributed by atoms with E-state index < -0.39 is 10.8 Å². The third kappa shape index (κ3) is 2.79. The standard InChI is InChI=1S/C11H12ClNO3S/c12-10-2-1-8(14)7-9(10)11(15)13-3-5-17(16)6-4-13/h1-2,7,14H,3-6H2. The Morgan fingerprint density at radius 3 is 2.65 bits per heavy atom. The molecule has 0 bridgehead atoms. The molecule has 0 radical (unpaired) electrons. The lowest BCUT2D eigenvalue weighted by Crippen LogP contribution is -2.41. The fraction of sp³-hybridized carbons (Fsp3) is 0.364. The molecule has 0 aliphatic carbocycles. The molecule has 0 unspecified atom stereocenters. The molecule has 1 fully saturated rings. The minimum absolute atomic E-state index is 0.0123. The van der Waals surface area contributed by atoms with Crippen LogP contribution in [-0.2, 0) is 10.8 Å². The summed E-state index contributed by atoms with van der Waals surface area (Å²) in [5, 5.41) is 9.67. The lowest BCUT2D eigenvalue weighted by Gasteiger charge is -2.26. The number of carbonyl (C=O) groups excluding carboxylic acids is 1. The smallest absolute Gasteiger partial charge is 0.255 e. The Kier molecular flexibility index (Phi) is 3.69. The summed E-state index contributed by atoms with van der Waals surface area (Å²) in [6.45, 7) is 0.939. The molecule has 1 aromatic carbocycles. The lowest BCUT2D eigenvalue weighted by atomic mass is 10.2. The van der Waals surface area contributed by atoms with Crippen LogP contribution in [0.4, 0.5) is 0 Å². The van der Waals surface area contributed by atoms with Crippen LogP contribution >= 0.6 is 11.6 Å². The predicted octanol–water partition coefficient (Wildman–Crippen LogP) is 1.25. The number of hydrogen-bond donors (Lipinski definition) is 1. The van der Waals surface area contributed by atoms with Crippen molar-refractivity contribution in [2.45, 2.75) is 0 Å². The van der Waals surface area contributed by atoms with E-state index >= 15 is 0 Å². The van der Waals surface area contributed by atoms with Crippen molar-refractivity contribution in [1.29, 1.82) is 0 Å². The molecule has 1 aliphatic rings. The van der Waals surface area contributed by atoms with Gasteiger partial charge in [-0.05, 0) is 18.2 Å². The van der Waals surface area contributed by atoms with Gasteiger partial charge >= 0.3 is 0 Å². The van der Waals surface area contributed by atoms with Crippen LogP contribution in [-0.4, -0.2) is 44.7 Å². The van der Waals surface area contributed by atoms with Gasteiger partial charge in [-0.1, -0.05) is 11.6 Å². The zero-order valence-corrected chi connectivity index (χ0v) is 10.6. The summed E-state index contributed by atoms with van der Waals surface area (Å²) >= 11 is 5.92. The first-order valence-electron chi connectivity index (χ1n) is 5.20. The van der Waals surface area contributed by atoms with Crippen molar-refractivity contribution in [3.05, 3.63) is 28.8 Å². The Balaban J connectivity index is 2.19. The van der Waals surface area contributed by atoms with E-state index in [4.69, 9.17) is 11.6 Å². The van der Waals surface area contributed by atoms with E-state index in [1.807, 2.05) is 0 Å². The van der Waals surface area contributed by atoms with E-state index in [1.54, 1.807) is 4.90 Å². The summed E-state index contributed by atoms with van der Waals surface area (Å²) in [5.74, 6) is 0.797. The van der Waals surface area contributed by atoms with Crippen LogP contribution in [0.15, 0.2) is 18.2 Å². The Morgan fingerprint density at radius 1 is 1.35 bits per heavy atom. The normalized spacial score (nSPS) is 17.1. The van der Waals surface area contributed by atoms with Gasteiger partial charge in [0.05, 0.1) is 10.6 Å². The summed E-state index contributed by atoms with van der Waals surface area (Å²) in [5.41, 5.74) is 0.291. The SMILES string of the molecule is O=C(c1cc(O)ccc1Cl)N1CCS(=O)CC1. The largest absolute Gasteiger partial charge is 0.508 e. The highest BCUT2D eigenvalue weighted by Crippen LogP contribution is 2.23. The quantitative estimate of drug-likeness (QED) is 0.838. The number of halogens is 1. The number of phenols is 1. The van der Waals surface area contributed by atoms with E-state index in [9.17, 15) is 14.1 Å². The molecule has 0 aromatic heterocycles. The van der Waals surface area contributed by atoms with Gasteiger partial charge in [0.2, 0.25) is 0 Å². The summed E-state index contributed by atoms with van der Waals surface area (Å²) < 4.78 is 11.2. The molecule has 1 heterocycles. The Hall–Kier alpha value is -1.07. The van der Waals surface area contributed by atoms with Crippen molar-refractivity contribution in [2.24, 2.45) is 0 Å². The monoisotopic (exact) mass is 273 g/mol. The average molecular weight is 274 g/mol. The van der Waals surface area contributed by atoms with Crippen LogP contribution in [0, 0.1) is 0 Å². The first-order valence-corrected chi connectivity index (χ1v) is 7.07. The molecule has 0 spiro atoms. The fourth-order valence-corrected chi connectivity index (χ4v) is 2.94. The summed E-state index contributed by atoms with van der Waals surface area (Å²) in [7, 11) is -0.820. The molecule has 1 aromatic rings. The van der Waals surface area contributed by atoms with Crippen LogP contribution in [0.1, 0.15) is 10.4 Å². The van der Waals surface area contributed by atoms with Gasteiger partial charge in [0.15, 0.2) is 0 Å². The van der Waals surface area contributed by atoms with Gasteiger partial charge in [-0.15, -0.1) is 0 Å². The Bertz CT molecular complexity index is 468. The van der Waals surface area contributed by atoms with Crippen molar-refractivity contribution in [3.63, 3.8) is 0 Å². The highest BCUT2D eigenvalue weighted by Gasteiger charge is 2.23. The molecule has 0 atom stereocenters. The molecule has 1 saturated heterocycles. The minimum Gasteiger partial charge on any atom is -0.508 e. The maximum Gasteiger partial charge on any atom is 0.255 e. The molecule has 1 amide bonds. The second kappa shape index (κ2) is 5.06. The predicted molar refractivity (Wildman–Crippen MR) is 66.9 cm³/mol. The zero-order valence-electron chi connectivity index (χ0n) is 9.06. The van der Waals surface area contributed by atoms with Gasteiger partial charge in [0, 0.05) is 35.4 Å². The Morgan fingerprint density at radius 2 is 2.00 bits per heavy atom. The van der Waals surface area contributed by atoms with E-state index in [0.29, 0.717) is 35.2 Å². The maximum atomic E-state index is 12.1. The van der Waals surface area contributed by atoms with Gasteiger partial charge in [0.1, 0.15) is 5.75 Å². The van der Waals surface area contributed by atoms with E-state index in [1.165, 1.54) is 18.2 Å². The number of nitrogens with zero attached hydrogens (tertiary/aromatic N) is 1. The molecule has 0 saturated carbocycles. The van der Waals surface area contributed by atoms with Crippen LogP contribution in [0.25, 0.3) is 0 Å². The van der Waals surface area contributed by atoms with Crippen molar-refractivity contribution in [2.75, 3.05) is 24.6 Å². The summed E-state index contributed by atoms with van der Waals surface area (Å²) in [6.07, 6.45) is 0. The van der Waals surface area contributed by atoms with Crippen LogP contribution in [0.3, 0.4) is 0 Å². The molecular weight excluding hydrogens is 262 g/mol. The topological polar surface area (TPSA) is 57.6 Å². The van der Waals surface area contributed by atoms with Gasteiger partial charge in [0.25, 0.3) is 5.91 Å². The molecular formula is C11H12ClNO3S. The van der Waals surface area contributed by atoms with Crippen LogP contribution in [0.5, 0.6) is 5.75 Å². The van der Waals surface area contributed by atoms with Crippen molar-refractivity contribution < 1.29 is 14.1 Å². The van der Waals surface area contributed by atoms with Gasteiger partial charge in [-0.3, -0.25) is 9.00 Å². The highest BCUT2D eigenvalue weighted by atomic mass is 35.5. The number of carbonyl (C=O) groups is 1. The first kappa shape index (κ1) is 12.4. The molecule has 1 aliphatic heterocycles. The third-order valence-corrected chi connectivity index (χ3v) is 4.25. The number of benzene rings is 1. The number of aromatic hydroxyl groups is 1. The third-order valence-electron chi connectivity index (χ3n) is 2.65. The fourth-order valence-electron chi connectivity index (χ4n) is 1.69. The Labute approximate surface area is 107 Å². The maximum absolute atomic E-state index is 12.1. The second-order valence-electron chi connectivity index (χ2n) is 3.80. The molecule has 2 rings (SSSR count). The number of hydrogen-bond acceptors (Lipinski definition) is 3. The average Bonchev–Trinajstić information content (AvgIpc) is 2.32. The van der Waals surface area contributed by atoms with E-state index in [2.05, 4.69) is 0 Å². The minimum atomic E-state index is -0.820.